The number of anilines is 1. The van der Waals surface area contributed by atoms with Gasteiger partial charge in [-0.05, 0) is 62.1 Å². The highest BCUT2D eigenvalue weighted by Crippen LogP contribution is 2.29. The first-order chi connectivity index (χ1) is 17.5. The number of rotatable bonds is 4. The number of fused-ring (bicyclic) bond motifs is 1. The van der Waals surface area contributed by atoms with Gasteiger partial charge in [-0.25, -0.2) is 9.97 Å². The van der Waals surface area contributed by atoms with Crippen molar-refractivity contribution in [1.82, 2.24) is 19.8 Å². The SMILES string of the molecule is Cc1oc(-c2ccc(Cl)cc2)cc1C(=O)N1CCc2cnc(N3CCN(C4CCC4)CC3)nc2CC1. The Bertz CT molecular complexity index is 1250. The third-order valence-electron chi connectivity index (χ3n) is 7.96. The summed E-state index contributed by atoms with van der Waals surface area (Å²) in [4.78, 5) is 30.0. The van der Waals surface area contributed by atoms with E-state index >= 15 is 0 Å². The molecule has 7 nitrogen and oxygen atoms in total. The molecule has 1 amide bonds. The highest BCUT2D eigenvalue weighted by atomic mass is 35.5. The molecule has 1 aliphatic carbocycles. The Hall–Kier alpha value is -2.90. The molecule has 0 spiro atoms. The molecule has 1 saturated carbocycles. The van der Waals surface area contributed by atoms with Gasteiger partial charge < -0.3 is 14.2 Å². The van der Waals surface area contributed by atoms with Gasteiger partial charge in [-0.2, -0.15) is 0 Å². The Labute approximate surface area is 217 Å². The number of aromatic nitrogens is 2. The molecule has 1 saturated heterocycles. The van der Waals surface area contributed by atoms with E-state index in [4.69, 9.17) is 26.0 Å². The lowest BCUT2D eigenvalue weighted by molar-refractivity contribution is 0.0761. The first-order valence-electron chi connectivity index (χ1n) is 13.0. The average molecular weight is 506 g/mol. The second-order valence-electron chi connectivity index (χ2n) is 10.1. The highest BCUT2D eigenvalue weighted by molar-refractivity contribution is 6.30. The number of benzene rings is 1. The molecule has 1 aromatic carbocycles. The fourth-order valence-electron chi connectivity index (χ4n) is 5.48. The number of amides is 1. The molecule has 6 rings (SSSR count). The van der Waals surface area contributed by atoms with Crippen LogP contribution in [0.2, 0.25) is 5.02 Å². The fourth-order valence-corrected chi connectivity index (χ4v) is 5.61. The van der Waals surface area contributed by atoms with Gasteiger partial charge >= 0.3 is 0 Å². The molecule has 2 aliphatic heterocycles. The van der Waals surface area contributed by atoms with Gasteiger partial charge in [0.25, 0.3) is 5.91 Å². The van der Waals surface area contributed by atoms with Crippen LogP contribution in [0, 0.1) is 6.92 Å². The van der Waals surface area contributed by atoms with Crippen molar-refractivity contribution >= 4 is 23.5 Å². The predicted octanol–water partition coefficient (Wildman–Crippen LogP) is 4.61. The van der Waals surface area contributed by atoms with Crippen LogP contribution in [0.3, 0.4) is 0 Å². The van der Waals surface area contributed by atoms with E-state index in [0.29, 0.717) is 35.2 Å². The number of carbonyl (C=O) groups excluding carboxylic acids is 1. The normalized spacial score (nSPS) is 19.1. The maximum absolute atomic E-state index is 13.4. The molecule has 0 atom stereocenters. The van der Waals surface area contributed by atoms with E-state index in [2.05, 4.69) is 9.80 Å². The lowest BCUT2D eigenvalue weighted by Crippen LogP contribution is -2.52. The minimum atomic E-state index is 0.00423. The Morgan fingerprint density at radius 1 is 1.03 bits per heavy atom. The number of aryl methyl sites for hydroxylation is 1. The zero-order chi connectivity index (χ0) is 24.6. The summed E-state index contributed by atoms with van der Waals surface area (Å²) >= 11 is 6.01. The third-order valence-corrected chi connectivity index (χ3v) is 8.22. The quantitative estimate of drug-likeness (QED) is 0.515. The van der Waals surface area contributed by atoms with Crippen LogP contribution in [-0.4, -0.2) is 71.0 Å². The van der Waals surface area contributed by atoms with E-state index < -0.39 is 0 Å². The third kappa shape index (κ3) is 4.62. The highest BCUT2D eigenvalue weighted by Gasteiger charge is 2.29. The van der Waals surface area contributed by atoms with Crippen LogP contribution in [0.1, 0.15) is 46.6 Å². The van der Waals surface area contributed by atoms with Gasteiger partial charge in [0.15, 0.2) is 0 Å². The Kier molecular flexibility index (Phi) is 6.44. The molecule has 3 aliphatic rings. The summed E-state index contributed by atoms with van der Waals surface area (Å²) in [7, 11) is 0. The zero-order valence-electron chi connectivity index (χ0n) is 20.8. The molecule has 0 unspecified atom stereocenters. The topological polar surface area (TPSA) is 65.7 Å². The maximum atomic E-state index is 13.4. The van der Waals surface area contributed by atoms with Crippen molar-refractivity contribution in [2.24, 2.45) is 0 Å². The van der Waals surface area contributed by atoms with Gasteiger partial charge in [-0.15, -0.1) is 0 Å². The summed E-state index contributed by atoms with van der Waals surface area (Å²) < 4.78 is 5.94. The molecular weight excluding hydrogens is 474 g/mol. The van der Waals surface area contributed by atoms with Crippen LogP contribution < -0.4 is 4.90 Å². The molecule has 4 heterocycles. The van der Waals surface area contributed by atoms with E-state index in [9.17, 15) is 4.79 Å². The Morgan fingerprint density at radius 3 is 2.50 bits per heavy atom. The zero-order valence-corrected chi connectivity index (χ0v) is 21.5. The molecule has 0 radical (unpaired) electrons. The number of hydrogen-bond acceptors (Lipinski definition) is 6. The summed E-state index contributed by atoms with van der Waals surface area (Å²) in [6.07, 6.45) is 7.56. The van der Waals surface area contributed by atoms with Crippen molar-refractivity contribution in [1.29, 1.82) is 0 Å². The molecule has 2 aromatic heterocycles. The summed E-state index contributed by atoms with van der Waals surface area (Å²) in [5.41, 5.74) is 3.73. The smallest absolute Gasteiger partial charge is 0.257 e. The summed E-state index contributed by atoms with van der Waals surface area (Å²) in [6, 6.07) is 10.1. The number of halogens is 1. The van der Waals surface area contributed by atoms with Gasteiger partial charge in [0.2, 0.25) is 5.95 Å². The monoisotopic (exact) mass is 505 g/mol. The van der Waals surface area contributed by atoms with E-state index in [1.165, 1.54) is 19.3 Å². The molecule has 3 aromatic rings. The van der Waals surface area contributed by atoms with Crippen molar-refractivity contribution in [3.63, 3.8) is 0 Å². The number of piperazine rings is 1. The summed E-state index contributed by atoms with van der Waals surface area (Å²) in [5, 5.41) is 0.671. The van der Waals surface area contributed by atoms with Gasteiger partial charge in [0, 0.05) is 68.5 Å². The minimum absolute atomic E-state index is 0.00423. The summed E-state index contributed by atoms with van der Waals surface area (Å²) in [6.45, 7) is 7.28. The van der Waals surface area contributed by atoms with E-state index in [0.717, 1.165) is 67.8 Å². The largest absolute Gasteiger partial charge is 0.461 e. The molecule has 8 heteroatoms. The van der Waals surface area contributed by atoms with Crippen LogP contribution in [0.25, 0.3) is 11.3 Å². The Balaban J connectivity index is 1.12. The van der Waals surface area contributed by atoms with Crippen LogP contribution in [-0.2, 0) is 12.8 Å². The maximum Gasteiger partial charge on any atom is 0.257 e. The first kappa shape index (κ1) is 23.5. The molecule has 0 N–H and O–H groups in total. The number of hydrogen-bond donors (Lipinski definition) is 0. The van der Waals surface area contributed by atoms with E-state index in [-0.39, 0.29) is 5.91 Å². The second-order valence-corrected chi connectivity index (χ2v) is 10.6. The van der Waals surface area contributed by atoms with E-state index in [1.54, 1.807) is 0 Å². The number of nitrogens with zero attached hydrogens (tertiary/aromatic N) is 5. The molecular formula is C28H32ClN5O2. The number of carbonyl (C=O) groups is 1. The lowest BCUT2D eigenvalue weighted by atomic mass is 9.91. The molecule has 2 fully saturated rings. The van der Waals surface area contributed by atoms with Gasteiger partial charge in [-0.3, -0.25) is 9.69 Å². The summed E-state index contributed by atoms with van der Waals surface area (Å²) in [5.74, 6) is 2.15. The van der Waals surface area contributed by atoms with Gasteiger partial charge in [-0.1, -0.05) is 18.0 Å². The lowest BCUT2D eigenvalue weighted by Gasteiger charge is -2.43. The van der Waals surface area contributed by atoms with Crippen molar-refractivity contribution in [2.75, 3.05) is 44.2 Å². The fraction of sp³-hybridized carbons (Fsp3) is 0.464. The van der Waals surface area contributed by atoms with Crippen LogP contribution in [0.4, 0.5) is 5.95 Å². The van der Waals surface area contributed by atoms with E-state index in [1.807, 2.05) is 48.4 Å². The second kappa shape index (κ2) is 9.87. The molecule has 0 bridgehead atoms. The van der Waals surface area contributed by atoms with Crippen LogP contribution >= 0.6 is 11.6 Å². The van der Waals surface area contributed by atoms with Crippen LogP contribution in [0.5, 0.6) is 0 Å². The van der Waals surface area contributed by atoms with Crippen molar-refractivity contribution in [2.45, 2.75) is 45.1 Å². The molecule has 188 valence electrons. The molecule has 36 heavy (non-hydrogen) atoms. The average Bonchev–Trinajstić information content (AvgIpc) is 3.12. The minimum Gasteiger partial charge on any atom is -0.461 e. The predicted molar refractivity (Wildman–Crippen MR) is 141 cm³/mol. The van der Waals surface area contributed by atoms with Crippen molar-refractivity contribution < 1.29 is 9.21 Å². The Morgan fingerprint density at radius 2 is 1.78 bits per heavy atom. The van der Waals surface area contributed by atoms with Crippen LogP contribution in [0.15, 0.2) is 40.9 Å². The van der Waals surface area contributed by atoms with Crippen molar-refractivity contribution in [3.8, 4) is 11.3 Å². The standard InChI is InChI=1S/C28H32ClN5O2/c1-19-24(17-26(36-19)20-5-7-22(29)8-6-20)27(35)33-11-9-21-18-30-28(31-25(21)10-12-33)34-15-13-32(14-16-34)23-3-2-4-23/h5-8,17-18,23H,2-4,9-16H2,1H3. The van der Waals surface area contributed by atoms with Gasteiger partial charge in [0.1, 0.15) is 11.5 Å². The number of furan rings is 1. The van der Waals surface area contributed by atoms with Crippen molar-refractivity contribution in [3.05, 3.63) is 64.1 Å². The van der Waals surface area contributed by atoms with Gasteiger partial charge in [0.05, 0.1) is 11.3 Å². The first-order valence-corrected chi connectivity index (χ1v) is 13.4.